The van der Waals surface area contributed by atoms with Gasteiger partial charge >= 0.3 is 0 Å². The van der Waals surface area contributed by atoms with E-state index in [0.717, 1.165) is 25.7 Å². The molecular weight excluding hydrogens is 524 g/mol. The molecule has 0 aliphatic carbocycles. The number of rotatable bonds is 4. The number of thioether (sulfide) groups is 1. The first-order chi connectivity index (χ1) is 12.4. The number of hydrogen-bond donors (Lipinski definition) is 1. The molecule has 1 aliphatic heterocycles. The van der Waals surface area contributed by atoms with Crippen LogP contribution in [0.1, 0.15) is 15.2 Å². The number of nitrogens with one attached hydrogen (secondary N) is 1. The van der Waals surface area contributed by atoms with Crippen LogP contribution in [0.5, 0.6) is 5.75 Å². The van der Waals surface area contributed by atoms with Gasteiger partial charge in [-0.3, -0.25) is 15.0 Å². The maximum Gasteiger partial charge on any atom is 0.285 e. The zero-order chi connectivity index (χ0) is 18.8. The summed E-state index contributed by atoms with van der Waals surface area (Å²) in [5.41, 5.74) is 3.26. The minimum atomic E-state index is -0.386. The summed E-state index contributed by atoms with van der Waals surface area (Å²) in [6, 6.07) is 7.13. The summed E-state index contributed by atoms with van der Waals surface area (Å²) in [6.45, 7) is 0. The van der Waals surface area contributed by atoms with E-state index < -0.39 is 0 Å². The lowest BCUT2D eigenvalue weighted by Crippen LogP contribution is -2.44. The second-order valence-electron chi connectivity index (χ2n) is 4.95. The Balaban J connectivity index is 1.87. The van der Waals surface area contributed by atoms with E-state index in [-0.39, 0.29) is 16.1 Å². The Bertz CT molecular complexity index is 929. The van der Waals surface area contributed by atoms with Crippen LogP contribution in [-0.2, 0) is 4.79 Å². The lowest BCUT2D eigenvalue weighted by molar-refractivity contribution is -0.123. The van der Waals surface area contributed by atoms with E-state index in [9.17, 15) is 9.59 Å². The van der Waals surface area contributed by atoms with Gasteiger partial charge in [0, 0.05) is 10.0 Å². The predicted molar refractivity (Wildman–Crippen MR) is 115 cm³/mol. The second-order valence-corrected chi connectivity index (χ2v) is 9.34. The third-order valence-corrected chi connectivity index (χ3v) is 6.50. The number of amides is 2. The molecule has 0 radical (unpaired) electrons. The van der Waals surface area contributed by atoms with Gasteiger partial charge in [-0.05, 0) is 57.8 Å². The molecule has 1 aliphatic rings. The van der Waals surface area contributed by atoms with Crippen LogP contribution in [0.4, 0.5) is 0 Å². The predicted octanol–water partition coefficient (Wildman–Crippen LogP) is 4.83. The lowest BCUT2D eigenvalue weighted by atomic mass is 10.2. The topological polar surface area (TPSA) is 58.6 Å². The van der Waals surface area contributed by atoms with E-state index in [4.69, 9.17) is 17.0 Å². The minimum absolute atomic E-state index is 0.263. The van der Waals surface area contributed by atoms with Crippen molar-refractivity contribution >= 4 is 89.4 Å². The number of thiocarbonyl (C=S) groups is 1. The Hall–Kier alpha value is -1.20. The van der Waals surface area contributed by atoms with Crippen LogP contribution < -0.4 is 10.2 Å². The van der Waals surface area contributed by atoms with Crippen molar-refractivity contribution in [1.82, 2.24) is 10.4 Å². The normalized spacial score (nSPS) is 15.7. The standard InChI is InChI=1S/C16H10Br2N2O3S3/c1-23-13-8(5-9(17)7-10(13)18)6-12-15(22)20(16(24)26-12)19-14(21)11-3-2-4-25-11/h2-7H,1H3,(H,19,21)/b12-6+. The highest BCUT2D eigenvalue weighted by Crippen LogP contribution is 2.37. The van der Waals surface area contributed by atoms with Gasteiger partial charge in [-0.1, -0.05) is 33.8 Å². The van der Waals surface area contributed by atoms with Crippen LogP contribution in [0.25, 0.3) is 6.08 Å². The molecule has 1 fully saturated rings. The summed E-state index contributed by atoms with van der Waals surface area (Å²) in [7, 11) is 1.55. The Labute approximate surface area is 180 Å². The van der Waals surface area contributed by atoms with Crippen molar-refractivity contribution in [3.05, 3.63) is 53.9 Å². The molecule has 2 heterocycles. The molecule has 1 aromatic carbocycles. The van der Waals surface area contributed by atoms with Crippen molar-refractivity contribution < 1.29 is 14.3 Å². The molecule has 3 rings (SSSR count). The summed E-state index contributed by atoms with van der Waals surface area (Å²) in [6.07, 6.45) is 1.69. The van der Waals surface area contributed by atoms with Gasteiger partial charge in [-0.25, -0.2) is 0 Å². The van der Waals surface area contributed by atoms with Crippen molar-refractivity contribution in [2.45, 2.75) is 0 Å². The molecule has 2 amide bonds. The van der Waals surface area contributed by atoms with Crippen LogP contribution in [0, 0.1) is 0 Å². The van der Waals surface area contributed by atoms with E-state index in [1.54, 1.807) is 30.7 Å². The highest BCUT2D eigenvalue weighted by Gasteiger charge is 2.34. The highest BCUT2D eigenvalue weighted by atomic mass is 79.9. The third-order valence-electron chi connectivity index (χ3n) is 3.28. The fourth-order valence-corrected chi connectivity index (χ4v) is 5.38. The van der Waals surface area contributed by atoms with Gasteiger partial charge in [0.1, 0.15) is 5.75 Å². The SMILES string of the molecule is COc1c(Br)cc(Br)cc1/C=C1/SC(=S)N(NC(=O)c2cccs2)C1=O. The maximum absolute atomic E-state index is 12.7. The van der Waals surface area contributed by atoms with Crippen molar-refractivity contribution in [2.24, 2.45) is 0 Å². The van der Waals surface area contributed by atoms with Crippen molar-refractivity contribution in [2.75, 3.05) is 7.11 Å². The number of hydrazine groups is 1. The molecular formula is C16H10Br2N2O3S3. The number of carbonyl (C=O) groups is 2. The van der Waals surface area contributed by atoms with Gasteiger partial charge in [-0.2, -0.15) is 5.01 Å². The molecule has 5 nitrogen and oxygen atoms in total. The number of ether oxygens (including phenoxy) is 1. The van der Waals surface area contributed by atoms with Gasteiger partial charge < -0.3 is 4.74 Å². The summed E-state index contributed by atoms with van der Waals surface area (Å²) < 4.78 is 7.24. The molecule has 1 saturated heterocycles. The van der Waals surface area contributed by atoms with E-state index >= 15 is 0 Å². The smallest absolute Gasteiger partial charge is 0.285 e. The average molecular weight is 534 g/mol. The number of carbonyl (C=O) groups excluding carboxylic acids is 2. The fraction of sp³-hybridized carbons (Fsp3) is 0.0625. The molecule has 134 valence electrons. The Morgan fingerprint density at radius 1 is 1.38 bits per heavy atom. The molecule has 0 unspecified atom stereocenters. The largest absolute Gasteiger partial charge is 0.495 e. The Morgan fingerprint density at radius 2 is 2.15 bits per heavy atom. The van der Waals surface area contributed by atoms with Crippen LogP contribution in [0.15, 0.2) is 43.5 Å². The fourth-order valence-electron chi connectivity index (χ4n) is 2.17. The van der Waals surface area contributed by atoms with Crippen LogP contribution in [-0.4, -0.2) is 28.3 Å². The van der Waals surface area contributed by atoms with Crippen LogP contribution in [0.3, 0.4) is 0 Å². The molecule has 26 heavy (non-hydrogen) atoms. The monoisotopic (exact) mass is 532 g/mol. The highest BCUT2D eigenvalue weighted by molar-refractivity contribution is 9.11. The van der Waals surface area contributed by atoms with Gasteiger partial charge in [0.25, 0.3) is 11.8 Å². The van der Waals surface area contributed by atoms with Gasteiger partial charge in [-0.15, -0.1) is 11.3 Å². The second kappa shape index (κ2) is 8.22. The molecule has 10 heteroatoms. The van der Waals surface area contributed by atoms with E-state index in [2.05, 4.69) is 37.3 Å². The lowest BCUT2D eigenvalue weighted by Gasteiger charge is -2.14. The number of methoxy groups -OCH3 is 1. The Kier molecular flexibility index (Phi) is 6.18. The van der Waals surface area contributed by atoms with Crippen molar-refractivity contribution in [3.63, 3.8) is 0 Å². The molecule has 0 saturated carbocycles. The first kappa shape index (κ1) is 19.6. The number of hydrogen-bond acceptors (Lipinski definition) is 6. The summed E-state index contributed by atoms with van der Waals surface area (Å²) >= 11 is 14.5. The first-order valence-electron chi connectivity index (χ1n) is 7.06. The molecule has 1 aromatic heterocycles. The van der Waals surface area contributed by atoms with Crippen molar-refractivity contribution in [1.29, 1.82) is 0 Å². The zero-order valence-corrected chi connectivity index (χ0v) is 18.7. The molecule has 0 bridgehead atoms. The van der Waals surface area contributed by atoms with Crippen LogP contribution in [0.2, 0.25) is 0 Å². The van der Waals surface area contributed by atoms with E-state index in [0.29, 0.717) is 21.1 Å². The number of nitrogens with zero attached hydrogens (tertiary/aromatic N) is 1. The number of halogens is 2. The quantitative estimate of drug-likeness (QED) is 0.450. The van der Waals surface area contributed by atoms with Crippen LogP contribution >= 0.6 is 67.2 Å². The number of thiophene rings is 1. The average Bonchev–Trinajstić information content (AvgIpc) is 3.19. The molecule has 0 atom stereocenters. The van der Waals surface area contributed by atoms with Gasteiger partial charge in [0.2, 0.25) is 0 Å². The molecule has 1 N–H and O–H groups in total. The van der Waals surface area contributed by atoms with E-state index in [1.165, 1.54) is 11.3 Å². The number of benzene rings is 1. The zero-order valence-electron chi connectivity index (χ0n) is 13.1. The summed E-state index contributed by atoms with van der Waals surface area (Å²) in [5.74, 6) is -0.163. The summed E-state index contributed by atoms with van der Waals surface area (Å²) in [4.78, 5) is 25.8. The maximum atomic E-state index is 12.7. The first-order valence-corrected chi connectivity index (χ1v) is 10.7. The molecule has 0 spiro atoms. The third kappa shape index (κ3) is 4.04. The van der Waals surface area contributed by atoms with E-state index in [1.807, 2.05) is 12.1 Å². The molecule has 2 aromatic rings. The van der Waals surface area contributed by atoms with Crippen molar-refractivity contribution in [3.8, 4) is 5.75 Å². The van der Waals surface area contributed by atoms with Gasteiger partial charge in [0.15, 0.2) is 4.32 Å². The van der Waals surface area contributed by atoms with Gasteiger partial charge in [0.05, 0.1) is 21.4 Å². The Morgan fingerprint density at radius 3 is 2.81 bits per heavy atom. The summed E-state index contributed by atoms with van der Waals surface area (Å²) in [5, 5.41) is 2.88. The minimum Gasteiger partial charge on any atom is -0.495 e.